The number of para-hydroxylation sites is 1. The minimum absolute atomic E-state index is 0.0981. The number of aryl methyl sites for hydroxylation is 1. The number of methoxy groups -OCH3 is 1. The molecule has 0 saturated carbocycles. The molecule has 3 rings (SSSR count). The first-order valence-corrected chi connectivity index (χ1v) is 8.03. The lowest BCUT2D eigenvalue weighted by Gasteiger charge is -2.03. The fourth-order valence-electron chi connectivity index (χ4n) is 2.37. The third-order valence-electron chi connectivity index (χ3n) is 3.61. The molecule has 0 saturated heterocycles. The van der Waals surface area contributed by atoms with E-state index in [0.29, 0.717) is 17.1 Å². The third kappa shape index (κ3) is 4.36. The van der Waals surface area contributed by atoms with Crippen LogP contribution in [0.15, 0.2) is 59.1 Å². The average Bonchev–Trinajstić information content (AvgIpc) is 3.13. The minimum atomic E-state index is -0.483. The van der Waals surface area contributed by atoms with Gasteiger partial charge in [0.05, 0.1) is 12.7 Å². The summed E-state index contributed by atoms with van der Waals surface area (Å²) < 4.78 is 15.5. The molecule has 1 heterocycles. The molecule has 0 fully saturated rings. The van der Waals surface area contributed by atoms with Crippen molar-refractivity contribution in [2.75, 3.05) is 7.11 Å². The van der Waals surface area contributed by atoms with Gasteiger partial charge in [-0.1, -0.05) is 47.1 Å². The van der Waals surface area contributed by atoms with Crippen LogP contribution < -0.4 is 4.74 Å². The van der Waals surface area contributed by atoms with Crippen LogP contribution in [0.1, 0.15) is 17.0 Å². The summed E-state index contributed by atoms with van der Waals surface area (Å²) in [6.07, 6.45) is 3.07. The largest absolute Gasteiger partial charge is 0.496 e. The number of ether oxygens (including phenoxy) is 2. The summed E-state index contributed by atoms with van der Waals surface area (Å²) in [5.74, 6) is 0.744. The lowest BCUT2D eigenvalue weighted by Crippen LogP contribution is -2.01. The van der Waals surface area contributed by atoms with Crippen molar-refractivity contribution in [3.8, 4) is 17.1 Å². The summed E-state index contributed by atoms with van der Waals surface area (Å²) >= 11 is 0. The number of carbonyl (C=O) groups is 1. The molecule has 0 aliphatic rings. The molecule has 1 aromatic heterocycles. The fourth-order valence-corrected chi connectivity index (χ4v) is 2.37. The molecule has 132 valence electrons. The summed E-state index contributed by atoms with van der Waals surface area (Å²) in [5.41, 5.74) is 2.75. The average molecular weight is 350 g/mol. The Bertz CT molecular complexity index is 931. The predicted molar refractivity (Wildman–Crippen MR) is 96.3 cm³/mol. The van der Waals surface area contributed by atoms with Crippen LogP contribution in [0.25, 0.3) is 17.5 Å². The van der Waals surface area contributed by atoms with Crippen LogP contribution in [0.5, 0.6) is 5.75 Å². The molecule has 0 aliphatic heterocycles. The van der Waals surface area contributed by atoms with E-state index in [1.54, 1.807) is 13.2 Å². The van der Waals surface area contributed by atoms with Crippen molar-refractivity contribution >= 4 is 12.0 Å². The van der Waals surface area contributed by atoms with E-state index < -0.39 is 5.97 Å². The second kappa shape index (κ2) is 8.11. The smallest absolute Gasteiger partial charge is 0.331 e. The highest BCUT2D eigenvalue weighted by Crippen LogP contribution is 2.27. The zero-order valence-corrected chi connectivity index (χ0v) is 14.5. The first-order valence-electron chi connectivity index (χ1n) is 8.03. The van der Waals surface area contributed by atoms with Crippen LogP contribution in [-0.2, 0) is 16.1 Å². The van der Waals surface area contributed by atoms with E-state index in [-0.39, 0.29) is 12.5 Å². The maximum absolute atomic E-state index is 11.8. The van der Waals surface area contributed by atoms with Crippen molar-refractivity contribution in [3.63, 3.8) is 0 Å². The van der Waals surface area contributed by atoms with E-state index in [0.717, 1.165) is 11.1 Å². The van der Waals surface area contributed by atoms with Crippen molar-refractivity contribution in [2.24, 2.45) is 0 Å². The second-order valence-electron chi connectivity index (χ2n) is 5.57. The quantitative estimate of drug-likeness (QED) is 0.497. The molecule has 3 aromatic rings. The van der Waals surface area contributed by atoms with Gasteiger partial charge in [-0.25, -0.2) is 4.79 Å². The van der Waals surface area contributed by atoms with Gasteiger partial charge >= 0.3 is 5.97 Å². The molecular formula is C20H18N2O4. The highest BCUT2D eigenvalue weighted by atomic mass is 16.6. The Morgan fingerprint density at radius 3 is 2.85 bits per heavy atom. The Balaban J connectivity index is 1.60. The number of carbonyl (C=O) groups excluding carboxylic acids is 1. The molecule has 6 heteroatoms. The topological polar surface area (TPSA) is 74.5 Å². The molecule has 0 spiro atoms. The normalized spacial score (nSPS) is 10.8. The van der Waals surface area contributed by atoms with Crippen LogP contribution in [0.4, 0.5) is 0 Å². The molecule has 0 amide bonds. The van der Waals surface area contributed by atoms with E-state index in [1.165, 1.54) is 6.08 Å². The van der Waals surface area contributed by atoms with Crippen LogP contribution in [0.2, 0.25) is 0 Å². The number of nitrogens with zero attached hydrogens (tertiary/aromatic N) is 2. The van der Waals surface area contributed by atoms with E-state index in [1.807, 2.05) is 55.5 Å². The molecule has 0 atom stereocenters. The van der Waals surface area contributed by atoms with Gasteiger partial charge in [-0.05, 0) is 30.7 Å². The summed E-state index contributed by atoms with van der Waals surface area (Å²) in [4.78, 5) is 16.1. The number of hydrogen-bond acceptors (Lipinski definition) is 6. The lowest BCUT2D eigenvalue weighted by atomic mass is 10.1. The maximum atomic E-state index is 11.8. The van der Waals surface area contributed by atoms with Crippen molar-refractivity contribution in [3.05, 3.63) is 71.6 Å². The number of rotatable bonds is 6. The van der Waals surface area contributed by atoms with Gasteiger partial charge in [0.1, 0.15) is 5.75 Å². The number of aromatic nitrogens is 2. The summed E-state index contributed by atoms with van der Waals surface area (Å²) in [5, 5.41) is 3.90. The van der Waals surface area contributed by atoms with Crippen LogP contribution in [0, 0.1) is 6.92 Å². The Labute approximate surface area is 151 Å². The van der Waals surface area contributed by atoms with Gasteiger partial charge < -0.3 is 14.0 Å². The maximum Gasteiger partial charge on any atom is 0.331 e. The molecule has 2 aromatic carbocycles. The SMILES string of the molecule is COc1ccccc1-c1noc(COC(=O)/C=C/c2cccc(C)c2)n1. The first-order chi connectivity index (χ1) is 12.7. The summed E-state index contributed by atoms with van der Waals surface area (Å²) in [6, 6.07) is 15.1. The van der Waals surface area contributed by atoms with Gasteiger partial charge in [0.25, 0.3) is 5.89 Å². The highest BCUT2D eigenvalue weighted by molar-refractivity contribution is 5.87. The van der Waals surface area contributed by atoms with Crippen molar-refractivity contribution < 1.29 is 18.8 Å². The zero-order chi connectivity index (χ0) is 18.4. The Hall–Kier alpha value is -3.41. The van der Waals surface area contributed by atoms with Gasteiger partial charge in [0.15, 0.2) is 6.61 Å². The van der Waals surface area contributed by atoms with Crippen LogP contribution in [-0.4, -0.2) is 23.2 Å². The zero-order valence-electron chi connectivity index (χ0n) is 14.5. The van der Waals surface area contributed by atoms with Crippen molar-refractivity contribution in [1.29, 1.82) is 0 Å². The summed E-state index contributed by atoms with van der Waals surface area (Å²) in [7, 11) is 1.57. The third-order valence-corrected chi connectivity index (χ3v) is 3.61. The van der Waals surface area contributed by atoms with E-state index in [9.17, 15) is 4.79 Å². The molecule has 0 radical (unpaired) electrons. The molecule has 0 N–H and O–H groups in total. The number of esters is 1. The molecule has 0 bridgehead atoms. The fraction of sp³-hybridized carbons (Fsp3) is 0.150. The molecule has 0 unspecified atom stereocenters. The molecule has 0 aliphatic carbocycles. The highest BCUT2D eigenvalue weighted by Gasteiger charge is 2.13. The Morgan fingerprint density at radius 1 is 1.19 bits per heavy atom. The van der Waals surface area contributed by atoms with Crippen LogP contribution >= 0.6 is 0 Å². The lowest BCUT2D eigenvalue weighted by molar-refractivity contribution is -0.139. The van der Waals surface area contributed by atoms with Gasteiger partial charge in [0.2, 0.25) is 5.82 Å². The van der Waals surface area contributed by atoms with Crippen molar-refractivity contribution in [2.45, 2.75) is 13.5 Å². The molecule has 6 nitrogen and oxygen atoms in total. The van der Waals surface area contributed by atoms with Crippen LogP contribution in [0.3, 0.4) is 0 Å². The Morgan fingerprint density at radius 2 is 2.04 bits per heavy atom. The van der Waals surface area contributed by atoms with Gasteiger partial charge in [-0.15, -0.1) is 0 Å². The summed E-state index contributed by atoms with van der Waals surface area (Å²) in [6.45, 7) is 1.89. The number of benzene rings is 2. The molecular weight excluding hydrogens is 332 g/mol. The van der Waals surface area contributed by atoms with Gasteiger partial charge in [-0.2, -0.15) is 4.98 Å². The number of hydrogen-bond donors (Lipinski definition) is 0. The second-order valence-corrected chi connectivity index (χ2v) is 5.57. The molecule has 26 heavy (non-hydrogen) atoms. The Kier molecular flexibility index (Phi) is 5.43. The minimum Gasteiger partial charge on any atom is -0.496 e. The first kappa shape index (κ1) is 17.4. The van der Waals surface area contributed by atoms with E-state index in [4.69, 9.17) is 14.0 Å². The van der Waals surface area contributed by atoms with Crippen molar-refractivity contribution in [1.82, 2.24) is 10.1 Å². The van der Waals surface area contributed by atoms with Gasteiger partial charge in [-0.3, -0.25) is 0 Å². The monoisotopic (exact) mass is 350 g/mol. The predicted octanol–water partition coefficient (Wildman–Crippen LogP) is 3.81. The van der Waals surface area contributed by atoms with Gasteiger partial charge in [0, 0.05) is 6.08 Å². The van der Waals surface area contributed by atoms with E-state index >= 15 is 0 Å². The standard InChI is InChI=1S/C20H18N2O4/c1-14-6-5-7-15(12-14)10-11-19(23)25-13-18-21-20(22-26-18)16-8-3-4-9-17(16)24-2/h3-12H,13H2,1-2H3/b11-10+. The van der Waals surface area contributed by atoms with E-state index in [2.05, 4.69) is 10.1 Å².